The summed E-state index contributed by atoms with van der Waals surface area (Å²) in [6.07, 6.45) is 2.14. The maximum Gasteiger partial charge on any atom is 0.408 e. The summed E-state index contributed by atoms with van der Waals surface area (Å²) in [5, 5.41) is 17.4. The standard InChI is InChI=1S/C18H35N7O2.HI/c1-8-14-24-22-13-25(14)11-10-20-15(19-9-2)21-12-18(6,7)23-16(26)27-17(3,4)5;/h13H,8-12H2,1-7H3,(H,23,26)(H2,19,20,21);1H. The zero-order valence-electron chi connectivity index (χ0n) is 18.1. The third kappa shape index (κ3) is 10.7. The Hall–Kier alpha value is -1.59. The smallest absolute Gasteiger partial charge is 0.408 e. The molecule has 1 heterocycles. The van der Waals surface area contributed by atoms with Gasteiger partial charge in [-0.1, -0.05) is 6.92 Å². The normalized spacial score (nSPS) is 12.2. The molecule has 0 aromatic carbocycles. The number of guanidine groups is 1. The van der Waals surface area contributed by atoms with Crippen molar-refractivity contribution in [3.05, 3.63) is 12.2 Å². The van der Waals surface area contributed by atoms with Gasteiger partial charge in [-0.2, -0.15) is 0 Å². The maximum absolute atomic E-state index is 12.0. The first-order valence-corrected chi connectivity index (χ1v) is 9.46. The lowest BCUT2D eigenvalue weighted by atomic mass is 10.1. The van der Waals surface area contributed by atoms with Crippen LogP contribution in [0, 0.1) is 0 Å². The van der Waals surface area contributed by atoms with Gasteiger partial charge in [0.25, 0.3) is 0 Å². The van der Waals surface area contributed by atoms with Crippen LogP contribution in [0.1, 0.15) is 54.3 Å². The number of ether oxygens (including phenoxy) is 1. The maximum atomic E-state index is 12.0. The van der Waals surface area contributed by atoms with Crippen molar-refractivity contribution >= 4 is 36.0 Å². The number of carbonyl (C=O) groups excluding carboxylic acids is 1. The van der Waals surface area contributed by atoms with Gasteiger partial charge in [-0.05, 0) is 41.5 Å². The molecule has 1 rings (SSSR count). The molecule has 0 aliphatic heterocycles. The summed E-state index contributed by atoms with van der Waals surface area (Å²) >= 11 is 0. The number of carbonyl (C=O) groups is 1. The number of amides is 1. The molecule has 10 heteroatoms. The van der Waals surface area contributed by atoms with E-state index in [9.17, 15) is 4.79 Å². The van der Waals surface area contributed by atoms with Crippen molar-refractivity contribution in [1.82, 2.24) is 30.7 Å². The lowest BCUT2D eigenvalue weighted by molar-refractivity contribution is 0.0476. The van der Waals surface area contributed by atoms with Gasteiger partial charge in [-0.15, -0.1) is 34.2 Å². The molecule has 0 unspecified atom stereocenters. The Kier molecular flexibility index (Phi) is 11.4. The molecule has 0 saturated carbocycles. The molecule has 0 saturated heterocycles. The Morgan fingerprint density at radius 2 is 1.89 bits per heavy atom. The average Bonchev–Trinajstić information content (AvgIpc) is 2.97. The summed E-state index contributed by atoms with van der Waals surface area (Å²) in [4.78, 5) is 16.6. The van der Waals surface area contributed by atoms with Crippen molar-refractivity contribution in [2.24, 2.45) is 4.99 Å². The van der Waals surface area contributed by atoms with E-state index in [0.29, 0.717) is 19.0 Å². The fraction of sp³-hybridized carbons (Fsp3) is 0.778. The van der Waals surface area contributed by atoms with E-state index in [0.717, 1.165) is 25.3 Å². The van der Waals surface area contributed by atoms with Crippen molar-refractivity contribution in [2.75, 3.05) is 19.6 Å². The number of alkyl carbamates (subject to hydrolysis) is 1. The quantitative estimate of drug-likeness (QED) is 0.282. The van der Waals surface area contributed by atoms with Crippen LogP contribution in [0.4, 0.5) is 4.79 Å². The highest BCUT2D eigenvalue weighted by atomic mass is 127. The van der Waals surface area contributed by atoms with Crippen molar-refractivity contribution in [3.63, 3.8) is 0 Å². The Morgan fingerprint density at radius 1 is 1.21 bits per heavy atom. The van der Waals surface area contributed by atoms with E-state index in [2.05, 4.69) is 38.1 Å². The molecule has 0 atom stereocenters. The third-order valence-corrected chi connectivity index (χ3v) is 3.47. The number of aliphatic imine (C=N–C) groups is 1. The Balaban J connectivity index is 0.00000729. The summed E-state index contributed by atoms with van der Waals surface area (Å²) in [7, 11) is 0. The molecule has 9 nitrogen and oxygen atoms in total. The number of halogens is 1. The van der Waals surface area contributed by atoms with E-state index in [1.54, 1.807) is 6.33 Å². The van der Waals surface area contributed by atoms with Crippen LogP contribution in [0.5, 0.6) is 0 Å². The Bertz CT molecular complexity index is 624. The highest BCUT2D eigenvalue weighted by Crippen LogP contribution is 2.09. The number of aromatic nitrogens is 3. The molecule has 28 heavy (non-hydrogen) atoms. The molecule has 0 fully saturated rings. The van der Waals surface area contributed by atoms with Crippen molar-refractivity contribution in [2.45, 2.75) is 72.6 Å². The summed E-state index contributed by atoms with van der Waals surface area (Å²) < 4.78 is 7.33. The van der Waals surface area contributed by atoms with Crippen LogP contribution in [0.15, 0.2) is 11.3 Å². The fourth-order valence-corrected chi connectivity index (χ4v) is 2.27. The van der Waals surface area contributed by atoms with Gasteiger partial charge in [0.15, 0.2) is 5.96 Å². The minimum Gasteiger partial charge on any atom is -0.444 e. The van der Waals surface area contributed by atoms with Crippen LogP contribution in [-0.2, 0) is 17.7 Å². The molecule has 1 amide bonds. The number of aryl methyl sites for hydroxylation is 1. The molecule has 0 spiro atoms. The first-order chi connectivity index (χ1) is 12.6. The minimum atomic E-state index is -0.533. The second kappa shape index (κ2) is 12.1. The number of hydrogen-bond donors (Lipinski definition) is 3. The van der Waals surface area contributed by atoms with Crippen molar-refractivity contribution < 1.29 is 9.53 Å². The van der Waals surface area contributed by atoms with Gasteiger partial charge in [0.05, 0.1) is 12.1 Å². The molecular weight excluding hydrogens is 473 g/mol. The first-order valence-electron chi connectivity index (χ1n) is 9.46. The van der Waals surface area contributed by atoms with Crippen molar-refractivity contribution in [1.29, 1.82) is 0 Å². The predicted octanol–water partition coefficient (Wildman–Crippen LogP) is 2.32. The van der Waals surface area contributed by atoms with Crippen LogP contribution < -0.4 is 16.0 Å². The van der Waals surface area contributed by atoms with E-state index >= 15 is 0 Å². The highest BCUT2D eigenvalue weighted by molar-refractivity contribution is 14.0. The lowest BCUT2D eigenvalue weighted by Gasteiger charge is -2.27. The van der Waals surface area contributed by atoms with Gasteiger partial charge >= 0.3 is 6.09 Å². The van der Waals surface area contributed by atoms with Gasteiger partial charge in [0.2, 0.25) is 0 Å². The minimum absolute atomic E-state index is 0. The van der Waals surface area contributed by atoms with Gasteiger partial charge in [0, 0.05) is 26.1 Å². The van der Waals surface area contributed by atoms with Crippen LogP contribution in [0.3, 0.4) is 0 Å². The van der Waals surface area contributed by atoms with E-state index in [1.807, 2.05) is 46.1 Å². The topological polar surface area (TPSA) is 105 Å². The molecule has 1 aromatic rings. The third-order valence-electron chi connectivity index (χ3n) is 3.47. The second-order valence-electron chi connectivity index (χ2n) is 7.93. The predicted molar refractivity (Wildman–Crippen MR) is 122 cm³/mol. The summed E-state index contributed by atoms with van der Waals surface area (Å²) in [6, 6.07) is 0. The monoisotopic (exact) mass is 509 g/mol. The molecular formula is C18H36IN7O2. The number of rotatable bonds is 8. The molecule has 0 aliphatic carbocycles. The largest absolute Gasteiger partial charge is 0.444 e. The summed E-state index contributed by atoms with van der Waals surface area (Å²) in [6.45, 7) is 16.0. The van der Waals surface area contributed by atoms with Crippen LogP contribution in [-0.4, -0.2) is 57.6 Å². The molecule has 0 radical (unpaired) electrons. The molecule has 3 N–H and O–H groups in total. The van der Waals surface area contributed by atoms with Crippen LogP contribution in [0.2, 0.25) is 0 Å². The molecule has 0 aliphatic rings. The van der Waals surface area contributed by atoms with Gasteiger partial charge < -0.3 is 25.3 Å². The summed E-state index contributed by atoms with van der Waals surface area (Å²) in [5.41, 5.74) is -1.06. The second-order valence-corrected chi connectivity index (χ2v) is 7.93. The van der Waals surface area contributed by atoms with Gasteiger partial charge in [0.1, 0.15) is 17.8 Å². The van der Waals surface area contributed by atoms with E-state index in [4.69, 9.17) is 4.74 Å². The van der Waals surface area contributed by atoms with E-state index in [1.165, 1.54) is 0 Å². The molecule has 162 valence electrons. The van der Waals surface area contributed by atoms with Gasteiger partial charge in [-0.3, -0.25) is 4.99 Å². The van der Waals surface area contributed by atoms with Crippen LogP contribution in [0.25, 0.3) is 0 Å². The van der Waals surface area contributed by atoms with Crippen molar-refractivity contribution in [3.8, 4) is 0 Å². The summed E-state index contributed by atoms with van der Waals surface area (Å²) in [5.74, 6) is 1.66. The van der Waals surface area contributed by atoms with E-state index < -0.39 is 17.2 Å². The fourth-order valence-electron chi connectivity index (χ4n) is 2.27. The number of nitrogens with one attached hydrogen (secondary N) is 3. The average molecular weight is 509 g/mol. The zero-order valence-corrected chi connectivity index (χ0v) is 20.5. The number of hydrogen-bond acceptors (Lipinski definition) is 5. The first kappa shape index (κ1) is 26.4. The zero-order chi connectivity index (χ0) is 20.5. The molecule has 0 bridgehead atoms. The molecule has 1 aromatic heterocycles. The number of nitrogens with zero attached hydrogens (tertiary/aromatic N) is 4. The SMILES string of the molecule is CCNC(=NCC(C)(C)NC(=O)OC(C)(C)C)NCCn1cnnc1CC.I. The Morgan fingerprint density at radius 3 is 2.46 bits per heavy atom. The lowest BCUT2D eigenvalue weighted by Crippen LogP contribution is -2.49. The Labute approximate surface area is 185 Å². The highest BCUT2D eigenvalue weighted by Gasteiger charge is 2.24. The van der Waals surface area contributed by atoms with E-state index in [-0.39, 0.29) is 24.0 Å². The van der Waals surface area contributed by atoms with Gasteiger partial charge in [-0.25, -0.2) is 4.79 Å². The van der Waals surface area contributed by atoms with Crippen LogP contribution >= 0.6 is 24.0 Å².